The topological polar surface area (TPSA) is 64.6 Å². The molecule has 2 aromatic rings. The summed E-state index contributed by atoms with van der Waals surface area (Å²) in [5.41, 5.74) is 1.01. The summed E-state index contributed by atoms with van der Waals surface area (Å²) in [5.74, 6) is 0.0881. The fraction of sp³-hybridized carbons (Fsp3) is 0.300. The molecule has 138 valence electrons. The summed E-state index contributed by atoms with van der Waals surface area (Å²) in [7, 11) is 0. The molecule has 26 heavy (non-hydrogen) atoms. The van der Waals surface area contributed by atoms with Crippen LogP contribution in [0.3, 0.4) is 0 Å². The van der Waals surface area contributed by atoms with Gasteiger partial charge in [-0.05, 0) is 44.5 Å². The van der Waals surface area contributed by atoms with Gasteiger partial charge in [0.25, 0.3) is 5.91 Å². The zero-order chi connectivity index (χ0) is 18.9. The molecule has 5 nitrogen and oxygen atoms in total. The van der Waals surface area contributed by atoms with Gasteiger partial charge in [-0.1, -0.05) is 29.8 Å². The summed E-state index contributed by atoms with van der Waals surface area (Å²) >= 11 is 6.04. The number of amides is 1. The molecule has 0 heterocycles. The third-order valence-electron chi connectivity index (χ3n) is 3.61. The first-order chi connectivity index (χ1) is 12.5. The summed E-state index contributed by atoms with van der Waals surface area (Å²) in [5, 5.41) is 3.20. The lowest BCUT2D eigenvalue weighted by Gasteiger charge is -2.15. The second-order valence-electron chi connectivity index (χ2n) is 5.73. The van der Waals surface area contributed by atoms with E-state index in [1.54, 1.807) is 55.5 Å². The zero-order valence-corrected chi connectivity index (χ0v) is 15.6. The zero-order valence-electron chi connectivity index (χ0n) is 14.8. The average Bonchev–Trinajstić information content (AvgIpc) is 2.61. The number of halogens is 1. The van der Waals surface area contributed by atoms with Crippen molar-refractivity contribution >= 4 is 29.2 Å². The molecular weight excluding hydrogens is 354 g/mol. The molecule has 0 bridgehead atoms. The van der Waals surface area contributed by atoms with E-state index in [2.05, 4.69) is 5.32 Å². The highest BCUT2D eigenvalue weighted by Gasteiger charge is 2.12. The Morgan fingerprint density at radius 1 is 1.15 bits per heavy atom. The van der Waals surface area contributed by atoms with Crippen LogP contribution in [0.5, 0.6) is 5.75 Å². The molecule has 1 atom stereocenters. The molecule has 1 N–H and O–H groups in total. The van der Waals surface area contributed by atoms with Crippen LogP contribution in [0, 0.1) is 0 Å². The Kier molecular flexibility index (Phi) is 7.48. The maximum atomic E-state index is 12.3. The maximum absolute atomic E-state index is 12.3. The van der Waals surface area contributed by atoms with Crippen LogP contribution in [-0.4, -0.2) is 24.6 Å². The first kappa shape index (κ1) is 19.8. The summed E-state index contributed by atoms with van der Waals surface area (Å²) in [6.45, 7) is 4.04. The van der Waals surface area contributed by atoms with Gasteiger partial charge in [0, 0.05) is 18.2 Å². The third kappa shape index (κ3) is 6.08. The summed E-state index contributed by atoms with van der Waals surface area (Å²) in [6, 6.07) is 13.9. The summed E-state index contributed by atoms with van der Waals surface area (Å²) < 4.78 is 10.7. The van der Waals surface area contributed by atoms with Crippen molar-refractivity contribution in [3.8, 4) is 5.75 Å². The number of benzene rings is 2. The van der Waals surface area contributed by atoms with Crippen LogP contribution < -0.4 is 10.1 Å². The Labute approximate surface area is 158 Å². The Bertz CT molecular complexity index is 763. The molecule has 0 spiro atoms. The lowest BCUT2D eigenvalue weighted by atomic mass is 10.2. The van der Waals surface area contributed by atoms with Crippen LogP contribution in [0.2, 0.25) is 5.02 Å². The van der Waals surface area contributed by atoms with Crippen LogP contribution in [-0.2, 0) is 9.53 Å². The monoisotopic (exact) mass is 375 g/mol. The molecule has 2 rings (SSSR count). The smallest absolute Gasteiger partial charge is 0.305 e. The Morgan fingerprint density at radius 3 is 2.65 bits per heavy atom. The Balaban J connectivity index is 1.94. The lowest BCUT2D eigenvalue weighted by Crippen LogP contribution is -2.15. The molecule has 0 aliphatic heterocycles. The number of hydrogen-bond donors (Lipinski definition) is 1. The SMILES string of the molecule is CCOC(=O)CCC(C)Oc1cccc(NC(=O)c2ccccc2Cl)c1. The largest absolute Gasteiger partial charge is 0.491 e. The molecule has 6 heteroatoms. The molecular formula is C20H22ClNO4. The third-order valence-corrected chi connectivity index (χ3v) is 3.94. The molecule has 0 aliphatic carbocycles. The minimum atomic E-state index is -0.289. The van der Waals surface area contributed by atoms with E-state index in [-0.39, 0.29) is 18.0 Å². The minimum Gasteiger partial charge on any atom is -0.491 e. The van der Waals surface area contributed by atoms with E-state index in [1.165, 1.54) is 0 Å². The van der Waals surface area contributed by atoms with E-state index in [0.717, 1.165) is 0 Å². The van der Waals surface area contributed by atoms with E-state index < -0.39 is 0 Å². The van der Waals surface area contributed by atoms with Gasteiger partial charge in [0.1, 0.15) is 5.75 Å². The first-order valence-electron chi connectivity index (χ1n) is 8.47. The van der Waals surface area contributed by atoms with Gasteiger partial charge in [0.15, 0.2) is 0 Å². The maximum Gasteiger partial charge on any atom is 0.305 e. The number of esters is 1. The van der Waals surface area contributed by atoms with Crippen molar-refractivity contribution in [3.63, 3.8) is 0 Å². The number of hydrogen-bond acceptors (Lipinski definition) is 4. The van der Waals surface area contributed by atoms with E-state index >= 15 is 0 Å². The summed E-state index contributed by atoms with van der Waals surface area (Å²) in [6.07, 6.45) is 0.696. The quantitative estimate of drug-likeness (QED) is 0.679. The van der Waals surface area contributed by atoms with E-state index in [4.69, 9.17) is 21.1 Å². The molecule has 0 aromatic heterocycles. The van der Waals surface area contributed by atoms with E-state index in [9.17, 15) is 9.59 Å². The highest BCUT2D eigenvalue weighted by molar-refractivity contribution is 6.34. The predicted molar refractivity (Wildman–Crippen MR) is 102 cm³/mol. The standard InChI is InChI=1S/C20H22ClNO4/c1-3-25-19(23)12-11-14(2)26-16-8-6-7-15(13-16)22-20(24)17-9-4-5-10-18(17)21/h4-10,13-14H,3,11-12H2,1-2H3,(H,22,24). The van der Waals surface area contributed by atoms with Crippen LogP contribution in [0.15, 0.2) is 48.5 Å². The van der Waals surface area contributed by atoms with Gasteiger partial charge in [-0.25, -0.2) is 0 Å². The van der Waals surface area contributed by atoms with E-state index in [0.29, 0.717) is 41.5 Å². The molecule has 0 fully saturated rings. The second kappa shape index (κ2) is 9.82. The van der Waals surface area contributed by atoms with Crippen LogP contribution in [0.25, 0.3) is 0 Å². The Morgan fingerprint density at radius 2 is 1.92 bits per heavy atom. The van der Waals surface area contributed by atoms with Crippen molar-refractivity contribution in [2.24, 2.45) is 0 Å². The number of anilines is 1. The van der Waals surface area contributed by atoms with Crippen molar-refractivity contribution in [2.45, 2.75) is 32.8 Å². The van der Waals surface area contributed by atoms with Gasteiger partial charge < -0.3 is 14.8 Å². The second-order valence-corrected chi connectivity index (χ2v) is 6.14. The molecule has 0 saturated heterocycles. The molecule has 0 radical (unpaired) electrons. The van der Waals surface area contributed by atoms with Crippen LogP contribution in [0.1, 0.15) is 37.0 Å². The number of carbonyl (C=O) groups excluding carboxylic acids is 2. The van der Waals surface area contributed by atoms with Crippen LogP contribution >= 0.6 is 11.6 Å². The van der Waals surface area contributed by atoms with Gasteiger partial charge in [-0.3, -0.25) is 9.59 Å². The van der Waals surface area contributed by atoms with Gasteiger partial charge in [0.05, 0.1) is 23.3 Å². The molecule has 1 unspecified atom stereocenters. The van der Waals surface area contributed by atoms with Crippen molar-refractivity contribution < 1.29 is 19.1 Å². The van der Waals surface area contributed by atoms with Crippen molar-refractivity contribution in [3.05, 3.63) is 59.1 Å². The number of rotatable bonds is 8. The highest BCUT2D eigenvalue weighted by atomic mass is 35.5. The Hall–Kier alpha value is -2.53. The fourth-order valence-corrected chi connectivity index (χ4v) is 2.56. The van der Waals surface area contributed by atoms with Gasteiger partial charge in [0.2, 0.25) is 0 Å². The first-order valence-corrected chi connectivity index (χ1v) is 8.85. The van der Waals surface area contributed by atoms with Crippen molar-refractivity contribution in [1.82, 2.24) is 0 Å². The average molecular weight is 376 g/mol. The molecule has 0 saturated carbocycles. The van der Waals surface area contributed by atoms with E-state index in [1.807, 2.05) is 6.92 Å². The van der Waals surface area contributed by atoms with Crippen LogP contribution in [0.4, 0.5) is 5.69 Å². The molecule has 2 aromatic carbocycles. The number of carbonyl (C=O) groups is 2. The van der Waals surface area contributed by atoms with Gasteiger partial charge >= 0.3 is 5.97 Å². The molecule has 1 amide bonds. The minimum absolute atomic E-state index is 0.158. The molecule has 0 aliphatic rings. The van der Waals surface area contributed by atoms with Crippen molar-refractivity contribution in [1.29, 1.82) is 0 Å². The highest BCUT2D eigenvalue weighted by Crippen LogP contribution is 2.22. The predicted octanol–water partition coefficient (Wildman–Crippen LogP) is 4.70. The van der Waals surface area contributed by atoms with Gasteiger partial charge in [-0.15, -0.1) is 0 Å². The normalized spacial score (nSPS) is 11.5. The fourth-order valence-electron chi connectivity index (χ4n) is 2.34. The van der Waals surface area contributed by atoms with Crippen molar-refractivity contribution in [2.75, 3.05) is 11.9 Å². The lowest BCUT2D eigenvalue weighted by molar-refractivity contribution is -0.143. The van der Waals surface area contributed by atoms with Gasteiger partial charge in [-0.2, -0.15) is 0 Å². The number of ether oxygens (including phenoxy) is 2. The number of nitrogens with one attached hydrogen (secondary N) is 1. The summed E-state index contributed by atoms with van der Waals surface area (Å²) in [4.78, 5) is 23.7.